The number of ether oxygens (including phenoxy) is 2. The van der Waals surface area contributed by atoms with Gasteiger partial charge in [-0.2, -0.15) is 26.3 Å². The molecule has 0 radical (unpaired) electrons. The minimum Gasteiger partial charge on any atom is -0.457 e. The first kappa shape index (κ1) is 24.8. The third-order valence-electron chi connectivity index (χ3n) is 5.08. The molecule has 4 aromatic rings. The fraction of sp³-hybridized carbons (Fsp3) is 0.0769. The molecule has 0 spiro atoms. The highest BCUT2D eigenvalue weighted by Crippen LogP contribution is 2.41. The van der Waals surface area contributed by atoms with E-state index in [9.17, 15) is 26.3 Å². The maximum absolute atomic E-state index is 13.4. The molecule has 0 aliphatic rings. The molecule has 186 valence electrons. The second-order valence-corrected chi connectivity index (χ2v) is 7.77. The van der Waals surface area contributed by atoms with E-state index in [2.05, 4.69) is 0 Å². The molecule has 0 bridgehead atoms. The van der Waals surface area contributed by atoms with Crippen molar-refractivity contribution in [3.05, 3.63) is 96.1 Å². The van der Waals surface area contributed by atoms with E-state index in [1.807, 2.05) is 0 Å². The van der Waals surface area contributed by atoms with Crippen molar-refractivity contribution in [3.63, 3.8) is 0 Å². The van der Waals surface area contributed by atoms with E-state index in [1.54, 1.807) is 24.3 Å². The molecule has 36 heavy (non-hydrogen) atoms. The largest absolute Gasteiger partial charge is 0.457 e. The summed E-state index contributed by atoms with van der Waals surface area (Å²) in [6.07, 6.45) is -9.35. The summed E-state index contributed by atoms with van der Waals surface area (Å²) >= 11 is 0. The summed E-state index contributed by atoms with van der Waals surface area (Å²) in [7, 11) is 0. The van der Waals surface area contributed by atoms with Crippen LogP contribution in [0.5, 0.6) is 23.0 Å². The Bertz CT molecular complexity index is 1290. The number of rotatable bonds is 5. The Morgan fingerprint density at radius 1 is 0.500 bits per heavy atom. The fourth-order valence-corrected chi connectivity index (χ4v) is 3.45. The first-order valence-electron chi connectivity index (χ1n) is 10.4. The number of nitrogen functional groups attached to an aromatic ring is 2. The van der Waals surface area contributed by atoms with Gasteiger partial charge in [0.15, 0.2) is 0 Å². The van der Waals surface area contributed by atoms with Crippen molar-refractivity contribution in [3.8, 4) is 34.1 Å². The number of benzene rings is 4. The number of alkyl halides is 6. The van der Waals surface area contributed by atoms with E-state index in [4.69, 9.17) is 20.9 Å². The number of halogens is 6. The molecule has 0 aliphatic heterocycles. The first-order chi connectivity index (χ1) is 16.9. The van der Waals surface area contributed by atoms with Crippen LogP contribution in [0.1, 0.15) is 11.1 Å². The second kappa shape index (κ2) is 9.37. The van der Waals surface area contributed by atoms with E-state index in [1.165, 1.54) is 36.4 Å². The minimum absolute atomic E-state index is 0.0602. The molecule has 0 amide bonds. The lowest BCUT2D eigenvalue weighted by Crippen LogP contribution is -2.08. The number of nitrogens with two attached hydrogens (primary N) is 2. The highest BCUT2D eigenvalue weighted by molar-refractivity contribution is 5.67. The highest BCUT2D eigenvalue weighted by atomic mass is 19.4. The van der Waals surface area contributed by atoms with Gasteiger partial charge in [-0.1, -0.05) is 24.3 Å². The normalized spacial score (nSPS) is 11.8. The average molecular weight is 504 g/mol. The van der Waals surface area contributed by atoms with Crippen LogP contribution in [0.4, 0.5) is 37.7 Å². The minimum atomic E-state index is -4.68. The molecular formula is C26H18F6N2O2. The number of hydrogen-bond donors (Lipinski definition) is 2. The van der Waals surface area contributed by atoms with Crippen molar-refractivity contribution in [1.82, 2.24) is 0 Å². The van der Waals surface area contributed by atoms with Crippen LogP contribution in [0.25, 0.3) is 11.1 Å². The summed E-state index contributed by atoms with van der Waals surface area (Å²) in [4.78, 5) is 0. The molecule has 0 fully saturated rings. The second-order valence-electron chi connectivity index (χ2n) is 7.77. The van der Waals surface area contributed by atoms with Gasteiger partial charge in [-0.05, 0) is 71.8 Å². The van der Waals surface area contributed by atoms with Gasteiger partial charge in [0.25, 0.3) is 0 Å². The Labute approximate surface area is 201 Å². The quantitative estimate of drug-likeness (QED) is 0.213. The van der Waals surface area contributed by atoms with Gasteiger partial charge in [0.1, 0.15) is 34.1 Å². The van der Waals surface area contributed by atoms with Crippen LogP contribution in [0.2, 0.25) is 0 Å². The van der Waals surface area contributed by atoms with Gasteiger partial charge in [0.2, 0.25) is 0 Å². The molecule has 10 heteroatoms. The third kappa shape index (κ3) is 5.65. The molecule has 0 saturated carbocycles. The molecule has 0 saturated heterocycles. The zero-order valence-electron chi connectivity index (χ0n) is 18.3. The van der Waals surface area contributed by atoms with Gasteiger partial charge < -0.3 is 20.9 Å². The van der Waals surface area contributed by atoms with E-state index in [0.29, 0.717) is 11.1 Å². The predicted molar refractivity (Wildman–Crippen MR) is 124 cm³/mol. The van der Waals surface area contributed by atoms with Gasteiger partial charge >= 0.3 is 12.4 Å². The molecule has 4 aromatic carbocycles. The highest BCUT2D eigenvalue weighted by Gasteiger charge is 2.35. The van der Waals surface area contributed by atoms with Crippen molar-refractivity contribution in [2.45, 2.75) is 12.4 Å². The van der Waals surface area contributed by atoms with Crippen molar-refractivity contribution in [2.75, 3.05) is 11.5 Å². The van der Waals surface area contributed by atoms with Crippen molar-refractivity contribution in [2.24, 2.45) is 0 Å². The molecule has 0 aromatic heterocycles. The van der Waals surface area contributed by atoms with Gasteiger partial charge in [-0.3, -0.25) is 0 Å². The summed E-state index contributed by atoms with van der Waals surface area (Å²) < 4.78 is 91.4. The monoisotopic (exact) mass is 504 g/mol. The lowest BCUT2D eigenvalue weighted by Gasteiger charge is -2.16. The molecule has 4 rings (SSSR count). The zero-order chi connectivity index (χ0) is 26.1. The lowest BCUT2D eigenvalue weighted by atomic mass is 10.1. The SMILES string of the molecule is Nc1ccc(Oc2cccc(-c3cccc(Oc4ccc(N)cc4C(F)(F)F)c3)c2)c(C(F)(F)F)c1. The topological polar surface area (TPSA) is 70.5 Å². The molecule has 0 aliphatic carbocycles. The smallest absolute Gasteiger partial charge is 0.420 e. The van der Waals surface area contributed by atoms with Crippen LogP contribution < -0.4 is 20.9 Å². The first-order valence-corrected chi connectivity index (χ1v) is 10.4. The fourth-order valence-electron chi connectivity index (χ4n) is 3.45. The summed E-state index contributed by atoms with van der Waals surface area (Å²) in [6.45, 7) is 0. The van der Waals surface area contributed by atoms with Crippen molar-refractivity contribution < 1.29 is 35.8 Å². The Morgan fingerprint density at radius 3 is 1.25 bits per heavy atom. The maximum Gasteiger partial charge on any atom is 0.420 e. The van der Waals surface area contributed by atoms with E-state index >= 15 is 0 Å². The molecule has 0 atom stereocenters. The predicted octanol–water partition coefficient (Wildman–Crippen LogP) is 8.14. The summed E-state index contributed by atoms with van der Waals surface area (Å²) in [5.41, 5.74) is 9.90. The van der Waals surface area contributed by atoms with Crippen LogP contribution >= 0.6 is 0 Å². The molecule has 0 heterocycles. The Kier molecular flexibility index (Phi) is 6.45. The molecule has 4 N–H and O–H groups in total. The maximum atomic E-state index is 13.4. The van der Waals surface area contributed by atoms with E-state index in [0.717, 1.165) is 24.3 Å². The van der Waals surface area contributed by atoms with Crippen LogP contribution in [0, 0.1) is 0 Å². The zero-order valence-corrected chi connectivity index (χ0v) is 18.3. The van der Waals surface area contributed by atoms with E-state index in [-0.39, 0.29) is 22.9 Å². The molecule has 4 nitrogen and oxygen atoms in total. The number of anilines is 2. The third-order valence-corrected chi connectivity index (χ3v) is 5.08. The Balaban J connectivity index is 1.63. The van der Waals surface area contributed by atoms with Gasteiger partial charge in [-0.15, -0.1) is 0 Å². The average Bonchev–Trinajstić information content (AvgIpc) is 2.80. The van der Waals surface area contributed by atoms with Gasteiger partial charge in [0.05, 0.1) is 0 Å². The van der Waals surface area contributed by atoms with Gasteiger partial charge in [-0.25, -0.2) is 0 Å². The Hall–Kier alpha value is -4.34. The molecule has 0 unspecified atom stereocenters. The summed E-state index contributed by atoms with van der Waals surface area (Å²) in [5, 5.41) is 0. The van der Waals surface area contributed by atoms with Gasteiger partial charge in [0, 0.05) is 11.4 Å². The molecular weight excluding hydrogens is 486 g/mol. The van der Waals surface area contributed by atoms with Crippen LogP contribution in [-0.4, -0.2) is 0 Å². The van der Waals surface area contributed by atoms with E-state index < -0.39 is 35.0 Å². The van der Waals surface area contributed by atoms with Crippen molar-refractivity contribution in [1.29, 1.82) is 0 Å². The number of hydrogen-bond acceptors (Lipinski definition) is 4. The summed E-state index contributed by atoms with van der Waals surface area (Å²) in [5.74, 6) is -0.609. The van der Waals surface area contributed by atoms with Crippen LogP contribution in [-0.2, 0) is 12.4 Å². The standard InChI is InChI=1S/C26H18F6N2O2/c27-25(28,29)21-13-17(33)7-9-23(21)35-19-5-1-3-15(11-19)16-4-2-6-20(12-16)36-24-10-8-18(34)14-22(24)26(30,31)32/h1-14H,33-34H2. The van der Waals surface area contributed by atoms with Crippen LogP contribution in [0.15, 0.2) is 84.9 Å². The Morgan fingerprint density at radius 2 is 0.889 bits per heavy atom. The summed E-state index contributed by atoms with van der Waals surface area (Å²) in [6, 6.07) is 18.9. The van der Waals surface area contributed by atoms with Crippen molar-refractivity contribution >= 4 is 11.4 Å². The van der Waals surface area contributed by atoms with Crippen LogP contribution in [0.3, 0.4) is 0 Å². The lowest BCUT2D eigenvalue weighted by molar-refractivity contribution is -0.139.